The average molecular weight is 268 g/mol. The third kappa shape index (κ3) is 2.24. The van der Waals surface area contributed by atoms with E-state index in [1.807, 2.05) is 24.3 Å². The van der Waals surface area contributed by atoms with Crippen LogP contribution in [0.5, 0.6) is 0 Å². The molecule has 1 atom stereocenters. The van der Waals surface area contributed by atoms with Crippen molar-refractivity contribution in [2.45, 2.75) is 31.4 Å². The van der Waals surface area contributed by atoms with Gasteiger partial charge >= 0.3 is 0 Å². The lowest BCUT2D eigenvalue weighted by molar-refractivity contribution is 0.588. The minimum Gasteiger partial charge on any atom is -0.329 e. The predicted octanol–water partition coefficient (Wildman–Crippen LogP) is 1.68. The summed E-state index contributed by atoms with van der Waals surface area (Å²) in [5, 5.41) is -0.428. The number of benzene rings is 1. The summed E-state index contributed by atoms with van der Waals surface area (Å²) in [7, 11) is -3.26. The summed E-state index contributed by atoms with van der Waals surface area (Å²) < 4.78 is 25.9. The molecule has 18 heavy (non-hydrogen) atoms. The maximum atomic E-state index is 12.2. The van der Waals surface area contributed by atoms with Crippen molar-refractivity contribution in [2.24, 2.45) is 5.73 Å². The first kappa shape index (κ1) is 13.4. The van der Waals surface area contributed by atoms with Gasteiger partial charge in [-0.15, -0.1) is 0 Å². The topological polar surface area (TPSA) is 63.4 Å². The molecule has 0 saturated carbocycles. The van der Waals surface area contributed by atoms with Crippen LogP contribution in [0.25, 0.3) is 0 Å². The molecule has 0 aliphatic carbocycles. The van der Waals surface area contributed by atoms with Gasteiger partial charge in [-0.25, -0.2) is 8.42 Å². The lowest BCUT2D eigenvalue weighted by Crippen LogP contribution is -2.33. The van der Waals surface area contributed by atoms with E-state index in [4.69, 9.17) is 5.73 Å². The van der Waals surface area contributed by atoms with E-state index in [2.05, 4.69) is 13.8 Å². The van der Waals surface area contributed by atoms with Gasteiger partial charge < -0.3 is 5.73 Å². The van der Waals surface area contributed by atoms with Crippen molar-refractivity contribution < 1.29 is 8.42 Å². The quantitative estimate of drug-likeness (QED) is 0.907. The van der Waals surface area contributed by atoms with Gasteiger partial charge in [0.2, 0.25) is 10.0 Å². The number of nitrogens with two attached hydrogens (primary N) is 1. The number of sulfonamides is 1. The zero-order valence-electron chi connectivity index (χ0n) is 10.8. The predicted molar refractivity (Wildman–Crippen MR) is 74.3 cm³/mol. The summed E-state index contributed by atoms with van der Waals surface area (Å²) in [6.45, 7) is 4.96. The van der Waals surface area contributed by atoms with Gasteiger partial charge in [-0.2, -0.15) is 0 Å². The molecule has 0 radical (unpaired) electrons. The SMILES string of the molecule is CC(C)c1ccc(N2CC[C@@H](CN)S2(=O)=O)cc1. The molecule has 0 unspecified atom stereocenters. The Morgan fingerprint density at radius 1 is 1.33 bits per heavy atom. The molecular formula is C13H20N2O2S. The lowest BCUT2D eigenvalue weighted by atomic mass is 10.0. The first-order valence-corrected chi connectivity index (χ1v) is 7.78. The van der Waals surface area contributed by atoms with Crippen molar-refractivity contribution in [1.82, 2.24) is 0 Å². The van der Waals surface area contributed by atoms with E-state index in [1.54, 1.807) is 0 Å². The molecule has 1 saturated heterocycles. The molecule has 0 bridgehead atoms. The number of rotatable bonds is 3. The van der Waals surface area contributed by atoms with Crippen LogP contribution >= 0.6 is 0 Å². The molecule has 0 amide bonds. The smallest absolute Gasteiger partial charge is 0.239 e. The lowest BCUT2D eigenvalue weighted by Gasteiger charge is -2.19. The minimum atomic E-state index is -3.26. The zero-order chi connectivity index (χ0) is 13.3. The van der Waals surface area contributed by atoms with Crippen LogP contribution in [0.2, 0.25) is 0 Å². The highest BCUT2D eigenvalue weighted by Gasteiger charge is 2.37. The zero-order valence-corrected chi connectivity index (χ0v) is 11.7. The van der Waals surface area contributed by atoms with Crippen molar-refractivity contribution in [3.63, 3.8) is 0 Å². The maximum absolute atomic E-state index is 12.2. The van der Waals surface area contributed by atoms with E-state index >= 15 is 0 Å². The van der Waals surface area contributed by atoms with Crippen LogP contribution in [-0.2, 0) is 10.0 Å². The van der Waals surface area contributed by atoms with Crippen LogP contribution in [0.15, 0.2) is 24.3 Å². The Morgan fingerprint density at radius 3 is 2.39 bits per heavy atom. The van der Waals surface area contributed by atoms with Crippen LogP contribution in [0.4, 0.5) is 5.69 Å². The van der Waals surface area contributed by atoms with Crippen molar-refractivity contribution in [2.75, 3.05) is 17.4 Å². The Balaban J connectivity index is 2.28. The molecular weight excluding hydrogens is 248 g/mol. The molecule has 0 aromatic heterocycles. The van der Waals surface area contributed by atoms with Crippen LogP contribution in [-0.4, -0.2) is 26.8 Å². The first-order chi connectivity index (χ1) is 8.46. The summed E-state index contributed by atoms with van der Waals surface area (Å²) in [5.41, 5.74) is 7.47. The molecule has 1 aliphatic rings. The Morgan fingerprint density at radius 2 is 1.94 bits per heavy atom. The van der Waals surface area contributed by atoms with E-state index in [9.17, 15) is 8.42 Å². The van der Waals surface area contributed by atoms with Gasteiger partial charge in [0, 0.05) is 13.1 Å². The summed E-state index contributed by atoms with van der Waals surface area (Å²) in [5.74, 6) is 0.450. The Labute approximate surface area is 109 Å². The summed E-state index contributed by atoms with van der Waals surface area (Å²) in [4.78, 5) is 0. The summed E-state index contributed by atoms with van der Waals surface area (Å²) in [6.07, 6.45) is 0.616. The van der Waals surface area contributed by atoms with Crippen molar-refractivity contribution in [3.05, 3.63) is 29.8 Å². The van der Waals surface area contributed by atoms with Crippen molar-refractivity contribution in [1.29, 1.82) is 0 Å². The minimum absolute atomic E-state index is 0.197. The monoisotopic (exact) mass is 268 g/mol. The van der Waals surface area contributed by atoms with Gasteiger partial charge in [0.25, 0.3) is 0 Å². The van der Waals surface area contributed by atoms with Gasteiger partial charge in [-0.1, -0.05) is 26.0 Å². The second kappa shape index (κ2) is 4.90. The summed E-state index contributed by atoms with van der Waals surface area (Å²) in [6, 6.07) is 7.74. The Hall–Kier alpha value is -1.07. The number of anilines is 1. The van der Waals surface area contributed by atoms with Gasteiger partial charge in [-0.3, -0.25) is 4.31 Å². The van der Waals surface area contributed by atoms with Crippen LogP contribution in [0, 0.1) is 0 Å². The molecule has 1 aromatic carbocycles. The van der Waals surface area contributed by atoms with E-state index in [0.29, 0.717) is 18.9 Å². The standard InChI is InChI=1S/C13H20N2O2S/c1-10(2)11-3-5-12(6-4-11)15-8-7-13(9-14)18(15,16)17/h3-6,10,13H,7-9,14H2,1-2H3/t13-/m0/s1. The fourth-order valence-corrected chi connectivity index (χ4v) is 4.04. The van der Waals surface area contributed by atoms with Crippen molar-refractivity contribution in [3.8, 4) is 0 Å². The molecule has 2 rings (SSSR count). The molecule has 2 N–H and O–H groups in total. The molecule has 5 heteroatoms. The van der Waals surface area contributed by atoms with Crippen LogP contribution in [0.3, 0.4) is 0 Å². The highest BCUT2D eigenvalue weighted by Crippen LogP contribution is 2.29. The molecule has 1 heterocycles. The first-order valence-electron chi connectivity index (χ1n) is 6.28. The Kier molecular flexibility index (Phi) is 3.64. The normalized spacial score (nSPS) is 22.7. The molecule has 1 fully saturated rings. The molecule has 0 spiro atoms. The second-order valence-electron chi connectivity index (χ2n) is 5.01. The van der Waals surface area contributed by atoms with E-state index in [-0.39, 0.29) is 6.54 Å². The third-order valence-corrected chi connectivity index (χ3v) is 5.77. The average Bonchev–Trinajstić information content (AvgIpc) is 2.64. The fourth-order valence-electron chi connectivity index (χ4n) is 2.26. The maximum Gasteiger partial charge on any atom is 0.239 e. The van der Waals surface area contributed by atoms with E-state index in [0.717, 1.165) is 5.69 Å². The second-order valence-corrected chi connectivity index (χ2v) is 7.15. The molecule has 100 valence electrons. The Bertz CT molecular complexity index is 508. The van der Waals surface area contributed by atoms with E-state index < -0.39 is 15.3 Å². The fraction of sp³-hybridized carbons (Fsp3) is 0.538. The highest BCUT2D eigenvalue weighted by molar-refractivity contribution is 7.93. The van der Waals surface area contributed by atoms with Gasteiger partial charge in [0.15, 0.2) is 0 Å². The number of hydrogen-bond acceptors (Lipinski definition) is 3. The number of nitrogens with zero attached hydrogens (tertiary/aromatic N) is 1. The van der Waals surface area contributed by atoms with E-state index in [1.165, 1.54) is 9.87 Å². The third-order valence-electron chi connectivity index (χ3n) is 3.49. The van der Waals surface area contributed by atoms with Gasteiger partial charge in [-0.05, 0) is 30.0 Å². The van der Waals surface area contributed by atoms with Gasteiger partial charge in [0.1, 0.15) is 0 Å². The van der Waals surface area contributed by atoms with Gasteiger partial charge in [0.05, 0.1) is 10.9 Å². The molecule has 1 aliphatic heterocycles. The highest BCUT2D eigenvalue weighted by atomic mass is 32.2. The summed E-state index contributed by atoms with van der Waals surface area (Å²) >= 11 is 0. The van der Waals surface area contributed by atoms with Crippen LogP contribution < -0.4 is 10.0 Å². The van der Waals surface area contributed by atoms with Crippen molar-refractivity contribution >= 4 is 15.7 Å². The molecule has 1 aromatic rings. The van der Waals surface area contributed by atoms with Crippen LogP contribution in [0.1, 0.15) is 31.7 Å². The molecule has 4 nitrogen and oxygen atoms in total. The largest absolute Gasteiger partial charge is 0.329 e. The number of hydrogen-bond donors (Lipinski definition) is 1.